The first-order chi connectivity index (χ1) is 8.74. The summed E-state index contributed by atoms with van der Waals surface area (Å²) in [5.41, 5.74) is 1.17. The highest BCUT2D eigenvalue weighted by Crippen LogP contribution is 2.04. The number of ether oxygens (including phenoxy) is 1. The minimum absolute atomic E-state index is 0.101. The highest BCUT2D eigenvalue weighted by molar-refractivity contribution is 5.80. The Morgan fingerprint density at radius 2 is 2.06 bits per heavy atom. The van der Waals surface area contributed by atoms with E-state index < -0.39 is 0 Å². The van der Waals surface area contributed by atoms with Crippen LogP contribution in [0.25, 0.3) is 0 Å². The molecule has 0 amide bonds. The van der Waals surface area contributed by atoms with Gasteiger partial charge in [-0.2, -0.15) is 0 Å². The van der Waals surface area contributed by atoms with Crippen molar-refractivity contribution < 1.29 is 9.53 Å². The quantitative estimate of drug-likeness (QED) is 0.683. The van der Waals surface area contributed by atoms with Crippen molar-refractivity contribution >= 4 is 5.78 Å². The Morgan fingerprint density at radius 3 is 2.72 bits per heavy atom. The Labute approximate surface area is 110 Å². The van der Waals surface area contributed by atoms with E-state index >= 15 is 0 Å². The van der Waals surface area contributed by atoms with Gasteiger partial charge in [0.2, 0.25) is 0 Å². The maximum Gasteiger partial charge on any atom is 0.137 e. The minimum atomic E-state index is 0.101. The largest absolute Gasteiger partial charge is 0.377 e. The van der Waals surface area contributed by atoms with E-state index in [1.54, 1.807) is 0 Å². The van der Waals surface area contributed by atoms with E-state index in [1.165, 1.54) is 5.56 Å². The molecule has 1 aromatic rings. The highest BCUT2D eigenvalue weighted by atomic mass is 16.5. The fraction of sp³-hybridized carbons (Fsp3) is 0.533. The number of benzene rings is 1. The number of hydrogen-bond acceptors (Lipinski definition) is 3. The standard InChI is InChI=1S/C15H23NO2/c1-13(11-16-2)15(17)9-6-10-18-12-14-7-4-3-5-8-14/h3-5,7-8,13,16H,6,9-12H2,1-2H3. The topological polar surface area (TPSA) is 38.3 Å². The van der Waals surface area contributed by atoms with Crippen molar-refractivity contribution in [3.63, 3.8) is 0 Å². The van der Waals surface area contributed by atoms with Gasteiger partial charge >= 0.3 is 0 Å². The Balaban J connectivity index is 2.07. The molecule has 0 aliphatic rings. The second kappa shape index (κ2) is 8.84. The van der Waals surface area contributed by atoms with Crippen LogP contribution in [-0.2, 0) is 16.1 Å². The summed E-state index contributed by atoms with van der Waals surface area (Å²) in [6.45, 7) is 3.99. The van der Waals surface area contributed by atoms with Crippen LogP contribution in [0.4, 0.5) is 0 Å². The lowest BCUT2D eigenvalue weighted by molar-refractivity contribution is -0.122. The number of carbonyl (C=O) groups is 1. The molecule has 1 aromatic carbocycles. The zero-order valence-electron chi connectivity index (χ0n) is 11.3. The Kier molecular flexibility index (Phi) is 7.30. The molecule has 0 aliphatic carbocycles. The van der Waals surface area contributed by atoms with Crippen LogP contribution >= 0.6 is 0 Å². The number of ketones is 1. The van der Waals surface area contributed by atoms with E-state index in [1.807, 2.05) is 44.3 Å². The summed E-state index contributed by atoms with van der Waals surface area (Å²) in [4.78, 5) is 11.7. The van der Waals surface area contributed by atoms with Crippen LogP contribution in [0.2, 0.25) is 0 Å². The normalized spacial score (nSPS) is 12.3. The first-order valence-electron chi connectivity index (χ1n) is 6.53. The van der Waals surface area contributed by atoms with E-state index in [0.29, 0.717) is 25.4 Å². The zero-order chi connectivity index (χ0) is 13.2. The van der Waals surface area contributed by atoms with Gasteiger partial charge in [-0.1, -0.05) is 37.3 Å². The fourth-order valence-corrected chi connectivity index (χ4v) is 1.78. The third-order valence-electron chi connectivity index (χ3n) is 2.88. The molecule has 0 heterocycles. The van der Waals surface area contributed by atoms with Crippen molar-refractivity contribution in [2.24, 2.45) is 5.92 Å². The third-order valence-corrected chi connectivity index (χ3v) is 2.88. The van der Waals surface area contributed by atoms with Crippen LogP contribution < -0.4 is 5.32 Å². The number of carbonyl (C=O) groups excluding carboxylic acids is 1. The monoisotopic (exact) mass is 249 g/mol. The molecule has 0 radical (unpaired) electrons. The average Bonchev–Trinajstić information content (AvgIpc) is 2.39. The van der Waals surface area contributed by atoms with Crippen molar-refractivity contribution in [2.75, 3.05) is 20.2 Å². The summed E-state index contributed by atoms with van der Waals surface area (Å²) in [6, 6.07) is 10.1. The van der Waals surface area contributed by atoms with Crippen molar-refractivity contribution in [3.8, 4) is 0 Å². The predicted octanol–water partition coefficient (Wildman–Crippen LogP) is 2.41. The van der Waals surface area contributed by atoms with Crippen LogP contribution in [0.1, 0.15) is 25.3 Å². The number of Topliss-reactive ketones (excluding diaryl/α,β-unsaturated/α-hetero) is 1. The van der Waals surface area contributed by atoms with E-state index in [2.05, 4.69) is 5.32 Å². The van der Waals surface area contributed by atoms with Crippen LogP contribution in [0.15, 0.2) is 30.3 Å². The Hall–Kier alpha value is -1.19. The summed E-state index contributed by atoms with van der Waals surface area (Å²) >= 11 is 0. The molecule has 1 N–H and O–H groups in total. The molecule has 0 aromatic heterocycles. The third kappa shape index (κ3) is 5.94. The van der Waals surface area contributed by atoms with Crippen LogP contribution in [-0.4, -0.2) is 26.0 Å². The van der Waals surface area contributed by atoms with Gasteiger partial charge < -0.3 is 10.1 Å². The molecule has 1 unspecified atom stereocenters. The van der Waals surface area contributed by atoms with E-state index in [9.17, 15) is 4.79 Å². The van der Waals surface area contributed by atoms with Gasteiger partial charge in [0.1, 0.15) is 5.78 Å². The predicted molar refractivity (Wildman–Crippen MR) is 73.4 cm³/mol. The first-order valence-corrected chi connectivity index (χ1v) is 6.53. The van der Waals surface area contributed by atoms with E-state index in [4.69, 9.17) is 4.74 Å². The van der Waals surface area contributed by atoms with Gasteiger partial charge in [0, 0.05) is 25.5 Å². The van der Waals surface area contributed by atoms with Crippen LogP contribution in [0.5, 0.6) is 0 Å². The molecule has 0 saturated heterocycles. The Bertz CT molecular complexity index is 338. The molecular weight excluding hydrogens is 226 g/mol. The molecular formula is C15H23NO2. The lowest BCUT2D eigenvalue weighted by Crippen LogP contribution is -2.23. The van der Waals surface area contributed by atoms with Crippen LogP contribution in [0.3, 0.4) is 0 Å². The van der Waals surface area contributed by atoms with Gasteiger partial charge in [0.25, 0.3) is 0 Å². The smallest absolute Gasteiger partial charge is 0.137 e. The van der Waals surface area contributed by atoms with Gasteiger partial charge in [-0.3, -0.25) is 4.79 Å². The molecule has 1 atom stereocenters. The Morgan fingerprint density at radius 1 is 1.33 bits per heavy atom. The average molecular weight is 249 g/mol. The summed E-state index contributed by atoms with van der Waals surface area (Å²) in [5.74, 6) is 0.414. The maximum absolute atomic E-state index is 11.7. The molecule has 3 nitrogen and oxygen atoms in total. The van der Waals surface area contributed by atoms with Gasteiger partial charge in [-0.05, 0) is 19.0 Å². The summed E-state index contributed by atoms with van der Waals surface area (Å²) < 4.78 is 5.54. The van der Waals surface area contributed by atoms with Crippen molar-refractivity contribution in [1.82, 2.24) is 5.32 Å². The molecule has 0 fully saturated rings. The molecule has 0 aliphatic heterocycles. The molecule has 0 spiro atoms. The van der Waals surface area contributed by atoms with Crippen molar-refractivity contribution in [2.45, 2.75) is 26.4 Å². The summed E-state index contributed by atoms with van der Waals surface area (Å²) in [6.07, 6.45) is 1.41. The van der Waals surface area contributed by atoms with Crippen molar-refractivity contribution in [1.29, 1.82) is 0 Å². The number of rotatable bonds is 9. The molecule has 18 heavy (non-hydrogen) atoms. The lowest BCUT2D eigenvalue weighted by Gasteiger charge is -2.09. The fourth-order valence-electron chi connectivity index (χ4n) is 1.78. The SMILES string of the molecule is CNCC(C)C(=O)CCCOCc1ccccc1. The molecule has 1 rings (SSSR count). The van der Waals surface area contributed by atoms with Gasteiger partial charge in [0.05, 0.1) is 6.61 Å². The van der Waals surface area contributed by atoms with Gasteiger partial charge in [-0.15, -0.1) is 0 Å². The van der Waals surface area contributed by atoms with Gasteiger partial charge in [0.15, 0.2) is 0 Å². The van der Waals surface area contributed by atoms with E-state index in [-0.39, 0.29) is 5.92 Å². The first kappa shape index (κ1) is 14.9. The molecule has 3 heteroatoms. The second-order valence-electron chi connectivity index (χ2n) is 4.57. The van der Waals surface area contributed by atoms with Gasteiger partial charge in [-0.25, -0.2) is 0 Å². The number of hydrogen-bond donors (Lipinski definition) is 1. The molecule has 0 saturated carbocycles. The second-order valence-corrected chi connectivity index (χ2v) is 4.57. The van der Waals surface area contributed by atoms with Crippen LogP contribution in [0, 0.1) is 5.92 Å². The molecule has 100 valence electrons. The summed E-state index contributed by atoms with van der Waals surface area (Å²) in [7, 11) is 1.87. The van der Waals surface area contributed by atoms with E-state index in [0.717, 1.165) is 13.0 Å². The molecule has 0 bridgehead atoms. The minimum Gasteiger partial charge on any atom is -0.377 e. The lowest BCUT2D eigenvalue weighted by atomic mass is 10.0. The summed E-state index contributed by atoms with van der Waals surface area (Å²) in [5, 5.41) is 3.02. The number of nitrogens with one attached hydrogen (secondary N) is 1. The zero-order valence-corrected chi connectivity index (χ0v) is 11.3. The van der Waals surface area contributed by atoms with Crippen molar-refractivity contribution in [3.05, 3.63) is 35.9 Å². The maximum atomic E-state index is 11.7. The highest BCUT2D eigenvalue weighted by Gasteiger charge is 2.10.